The Kier molecular flexibility index (Phi) is 1.57. The molecule has 0 unspecified atom stereocenters. The fraction of sp³-hybridized carbons (Fsp3) is 0.133. The fourth-order valence-corrected chi connectivity index (χ4v) is 2.92. The first kappa shape index (κ1) is 8.99. The molecule has 4 rings (SSSR count). The Morgan fingerprint density at radius 2 is 2.00 bits per heavy atom. The minimum Gasteiger partial charge on any atom is -0.347 e. The molecule has 17 heavy (non-hydrogen) atoms. The van der Waals surface area contributed by atoms with Crippen LogP contribution in [-0.4, -0.2) is 9.55 Å². The molecule has 2 heterocycles. The second-order valence-corrected chi connectivity index (χ2v) is 4.57. The fourth-order valence-electron chi connectivity index (χ4n) is 2.92. The number of hydrogen-bond acceptors (Lipinski definition) is 1. The van der Waals surface area contributed by atoms with Gasteiger partial charge in [0.15, 0.2) is 0 Å². The summed E-state index contributed by atoms with van der Waals surface area (Å²) in [5, 5.41) is 1.34. The third-order valence-corrected chi connectivity index (χ3v) is 3.72. The zero-order chi connectivity index (χ0) is 11.4. The van der Waals surface area contributed by atoms with Crippen LogP contribution in [0.3, 0.4) is 0 Å². The number of hydrogen-bond donors (Lipinski definition) is 0. The number of rotatable bonds is 0. The van der Waals surface area contributed by atoms with Crippen LogP contribution in [0.5, 0.6) is 0 Å². The van der Waals surface area contributed by atoms with E-state index in [1.807, 2.05) is 12.3 Å². The standard InChI is InChI=1S/C15H12N2/c1-17-13-7-3-2-5-11(13)15-10-6-4-8-16-12(10)9-14(15)17/h2-8H,9H2,1H3. The molecule has 2 aromatic heterocycles. The van der Waals surface area contributed by atoms with Gasteiger partial charge >= 0.3 is 0 Å². The summed E-state index contributed by atoms with van der Waals surface area (Å²) < 4.78 is 2.30. The smallest absolute Gasteiger partial charge is 0.0541 e. The molecule has 0 saturated heterocycles. The number of benzene rings is 1. The van der Waals surface area contributed by atoms with Crippen LogP contribution in [0.15, 0.2) is 42.6 Å². The molecule has 0 atom stereocenters. The molecule has 0 saturated carbocycles. The van der Waals surface area contributed by atoms with Crippen molar-refractivity contribution in [3.05, 3.63) is 54.0 Å². The van der Waals surface area contributed by atoms with Gasteiger partial charge in [0.05, 0.1) is 5.69 Å². The highest BCUT2D eigenvalue weighted by molar-refractivity contribution is 6.00. The van der Waals surface area contributed by atoms with Gasteiger partial charge in [0.25, 0.3) is 0 Å². The van der Waals surface area contributed by atoms with Gasteiger partial charge in [-0.15, -0.1) is 0 Å². The van der Waals surface area contributed by atoms with Gasteiger partial charge in [0.2, 0.25) is 0 Å². The average Bonchev–Trinajstić information content (AvgIpc) is 2.88. The van der Waals surface area contributed by atoms with E-state index in [1.165, 1.54) is 33.4 Å². The lowest BCUT2D eigenvalue weighted by molar-refractivity contribution is 0.884. The van der Waals surface area contributed by atoms with Gasteiger partial charge in [0.1, 0.15) is 0 Å². The molecule has 0 amide bonds. The van der Waals surface area contributed by atoms with Crippen molar-refractivity contribution >= 4 is 10.9 Å². The van der Waals surface area contributed by atoms with Crippen molar-refractivity contribution < 1.29 is 0 Å². The number of aryl methyl sites for hydroxylation is 1. The maximum Gasteiger partial charge on any atom is 0.0541 e. The number of aromatic nitrogens is 2. The minimum atomic E-state index is 0.955. The van der Waals surface area contributed by atoms with E-state index in [9.17, 15) is 0 Å². The largest absolute Gasteiger partial charge is 0.347 e. The van der Waals surface area contributed by atoms with Crippen LogP contribution in [0.1, 0.15) is 11.4 Å². The predicted octanol–water partition coefficient (Wildman–Crippen LogP) is 3.14. The van der Waals surface area contributed by atoms with E-state index < -0.39 is 0 Å². The molecule has 1 aliphatic carbocycles. The Labute approximate surface area is 99.5 Å². The lowest BCUT2D eigenvalue weighted by Gasteiger charge is -2.01. The van der Waals surface area contributed by atoms with Crippen molar-refractivity contribution in [3.63, 3.8) is 0 Å². The third-order valence-electron chi connectivity index (χ3n) is 3.72. The van der Waals surface area contributed by atoms with E-state index in [2.05, 4.69) is 46.9 Å². The molecule has 0 radical (unpaired) electrons. The molecule has 0 bridgehead atoms. The van der Waals surface area contributed by atoms with Gasteiger partial charge in [-0.25, -0.2) is 0 Å². The van der Waals surface area contributed by atoms with Crippen molar-refractivity contribution in [3.8, 4) is 11.1 Å². The zero-order valence-electron chi connectivity index (χ0n) is 9.64. The first-order valence-electron chi connectivity index (χ1n) is 5.87. The van der Waals surface area contributed by atoms with Crippen molar-refractivity contribution in [2.24, 2.45) is 7.05 Å². The highest BCUT2D eigenvalue weighted by Crippen LogP contribution is 2.41. The summed E-state index contributed by atoms with van der Waals surface area (Å²) in [6, 6.07) is 12.8. The molecule has 1 aromatic carbocycles. The lowest BCUT2D eigenvalue weighted by atomic mass is 10.1. The Bertz CT molecular complexity index is 738. The normalized spacial score (nSPS) is 12.8. The molecule has 82 valence electrons. The topological polar surface area (TPSA) is 17.8 Å². The average molecular weight is 220 g/mol. The summed E-state index contributed by atoms with van der Waals surface area (Å²) in [5.41, 5.74) is 6.59. The van der Waals surface area contributed by atoms with E-state index in [1.54, 1.807) is 0 Å². The molecule has 2 heteroatoms. The van der Waals surface area contributed by atoms with Gasteiger partial charge in [-0.1, -0.05) is 24.3 Å². The van der Waals surface area contributed by atoms with E-state index in [0.717, 1.165) is 6.42 Å². The number of nitrogens with zero attached hydrogens (tertiary/aromatic N) is 2. The van der Waals surface area contributed by atoms with Crippen LogP contribution in [0.25, 0.3) is 22.0 Å². The maximum atomic E-state index is 4.48. The van der Waals surface area contributed by atoms with Gasteiger partial charge in [-0.2, -0.15) is 0 Å². The van der Waals surface area contributed by atoms with Crippen LogP contribution in [0.4, 0.5) is 0 Å². The van der Waals surface area contributed by atoms with Crippen LogP contribution < -0.4 is 0 Å². The van der Waals surface area contributed by atoms with E-state index >= 15 is 0 Å². The van der Waals surface area contributed by atoms with Gasteiger partial charge in [-0.05, 0) is 12.1 Å². The highest BCUT2D eigenvalue weighted by atomic mass is 15.0. The Morgan fingerprint density at radius 3 is 2.94 bits per heavy atom. The number of pyridine rings is 1. The van der Waals surface area contributed by atoms with E-state index in [0.29, 0.717) is 0 Å². The second kappa shape index (κ2) is 2.98. The molecule has 0 aliphatic heterocycles. The third kappa shape index (κ3) is 1.02. The lowest BCUT2D eigenvalue weighted by Crippen LogP contribution is -1.95. The molecular weight excluding hydrogens is 208 g/mol. The van der Waals surface area contributed by atoms with Gasteiger partial charge in [0, 0.05) is 47.4 Å². The molecule has 3 aromatic rings. The minimum absolute atomic E-state index is 0.955. The van der Waals surface area contributed by atoms with Gasteiger partial charge < -0.3 is 4.57 Å². The summed E-state index contributed by atoms with van der Waals surface area (Å²) in [4.78, 5) is 4.48. The quantitative estimate of drug-likeness (QED) is 0.445. The van der Waals surface area contributed by atoms with Crippen LogP contribution in [0.2, 0.25) is 0 Å². The molecule has 0 fully saturated rings. The Morgan fingerprint density at radius 1 is 1.12 bits per heavy atom. The number of fused-ring (bicyclic) bond motifs is 5. The summed E-state index contributed by atoms with van der Waals surface area (Å²) in [5.74, 6) is 0. The Hall–Kier alpha value is -2.09. The second-order valence-electron chi connectivity index (χ2n) is 4.57. The van der Waals surface area contributed by atoms with Crippen molar-refractivity contribution in [1.82, 2.24) is 9.55 Å². The van der Waals surface area contributed by atoms with Crippen LogP contribution in [0, 0.1) is 0 Å². The molecule has 2 nitrogen and oxygen atoms in total. The summed E-state index contributed by atoms with van der Waals surface area (Å²) in [6.07, 6.45) is 2.84. The summed E-state index contributed by atoms with van der Waals surface area (Å²) in [6.45, 7) is 0. The maximum absolute atomic E-state index is 4.48. The SMILES string of the molecule is Cn1c2c(c3ccccc31)-c1cccnc1C2. The molecule has 0 N–H and O–H groups in total. The number of para-hydroxylation sites is 1. The Balaban J connectivity index is 2.19. The first-order chi connectivity index (χ1) is 8.36. The monoisotopic (exact) mass is 220 g/mol. The highest BCUT2D eigenvalue weighted by Gasteiger charge is 2.25. The van der Waals surface area contributed by atoms with Crippen LogP contribution in [-0.2, 0) is 13.5 Å². The summed E-state index contributed by atoms with van der Waals surface area (Å²) in [7, 11) is 2.15. The molecular formula is C15H12N2. The van der Waals surface area contributed by atoms with Crippen molar-refractivity contribution in [2.75, 3.05) is 0 Å². The van der Waals surface area contributed by atoms with Gasteiger partial charge in [-0.3, -0.25) is 4.98 Å². The van der Waals surface area contributed by atoms with Crippen molar-refractivity contribution in [1.29, 1.82) is 0 Å². The zero-order valence-corrected chi connectivity index (χ0v) is 9.64. The van der Waals surface area contributed by atoms with Crippen LogP contribution >= 0.6 is 0 Å². The van der Waals surface area contributed by atoms with Crippen molar-refractivity contribution in [2.45, 2.75) is 6.42 Å². The predicted molar refractivity (Wildman–Crippen MR) is 69.0 cm³/mol. The molecule has 1 aliphatic rings. The first-order valence-corrected chi connectivity index (χ1v) is 5.87. The van der Waals surface area contributed by atoms with E-state index in [-0.39, 0.29) is 0 Å². The molecule has 0 spiro atoms. The summed E-state index contributed by atoms with van der Waals surface area (Å²) >= 11 is 0. The van der Waals surface area contributed by atoms with E-state index in [4.69, 9.17) is 0 Å².